The number of hydrogen-bond acceptors (Lipinski definition) is 3. The number of pyridine rings is 1. The number of nitrogens with zero attached hydrogens (tertiary/aromatic N) is 2. The molecular formula is C14H10Cl3N3O. The first-order valence-electron chi connectivity index (χ1n) is 5.88. The van der Waals surface area contributed by atoms with E-state index in [1.807, 2.05) is 6.07 Å². The third kappa shape index (κ3) is 3.94. The Morgan fingerprint density at radius 3 is 2.48 bits per heavy atom. The van der Waals surface area contributed by atoms with Gasteiger partial charge in [0.25, 0.3) is 5.91 Å². The van der Waals surface area contributed by atoms with Crippen molar-refractivity contribution in [3.05, 3.63) is 62.9 Å². The summed E-state index contributed by atoms with van der Waals surface area (Å²) in [4.78, 5) is 16.1. The zero-order valence-corrected chi connectivity index (χ0v) is 13.2. The summed E-state index contributed by atoms with van der Waals surface area (Å²) in [6, 6.07) is 6.51. The fraction of sp³-hybridized carbons (Fsp3) is 0.0714. The van der Waals surface area contributed by atoms with Crippen molar-refractivity contribution in [1.82, 2.24) is 10.4 Å². The summed E-state index contributed by atoms with van der Waals surface area (Å²) in [5.41, 5.74) is 3.94. The summed E-state index contributed by atoms with van der Waals surface area (Å²) in [5.74, 6) is -0.509. The molecule has 0 aliphatic heterocycles. The molecule has 108 valence electrons. The third-order valence-corrected chi connectivity index (χ3v) is 3.45. The van der Waals surface area contributed by atoms with E-state index in [0.29, 0.717) is 10.7 Å². The Balaban J connectivity index is 2.20. The molecule has 21 heavy (non-hydrogen) atoms. The van der Waals surface area contributed by atoms with Crippen LogP contribution < -0.4 is 5.43 Å². The lowest BCUT2D eigenvalue weighted by Gasteiger charge is -2.07. The average Bonchev–Trinajstić information content (AvgIpc) is 2.44. The number of benzene rings is 1. The minimum absolute atomic E-state index is 0.130. The van der Waals surface area contributed by atoms with Gasteiger partial charge in [-0.05, 0) is 25.1 Å². The van der Waals surface area contributed by atoms with Crippen LogP contribution in [0.2, 0.25) is 15.1 Å². The number of rotatable bonds is 3. The van der Waals surface area contributed by atoms with E-state index < -0.39 is 5.91 Å². The molecule has 0 unspecified atom stereocenters. The smallest absolute Gasteiger partial charge is 0.267 e. The first-order chi connectivity index (χ1) is 9.99. The second-order valence-corrected chi connectivity index (χ2v) is 5.38. The van der Waals surface area contributed by atoms with Gasteiger partial charge in [0.15, 0.2) is 0 Å². The molecule has 2 rings (SSSR count). The SMILES string of the molecule is C/C(=N\NC(=O)c1c(Cl)cc(Cl)cc1Cl)c1cccnc1. The molecule has 1 N–H and O–H groups in total. The van der Waals surface area contributed by atoms with Gasteiger partial charge in [0.05, 0.1) is 21.3 Å². The van der Waals surface area contributed by atoms with Gasteiger partial charge in [-0.15, -0.1) is 0 Å². The van der Waals surface area contributed by atoms with Crippen LogP contribution in [0.4, 0.5) is 0 Å². The Kier molecular flexibility index (Phi) is 5.17. The molecule has 1 aromatic carbocycles. The van der Waals surface area contributed by atoms with Crippen LogP contribution in [0.15, 0.2) is 41.8 Å². The van der Waals surface area contributed by atoms with Crippen LogP contribution in [0, 0.1) is 0 Å². The highest BCUT2D eigenvalue weighted by molar-refractivity contribution is 6.42. The Hall–Kier alpha value is -1.62. The van der Waals surface area contributed by atoms with E-state index in [1.54, 1.807) is 25.4 Å². The predicted octanol–water partition coefficient (Wildman–Crippen LogP) is 4.20. The highest BCUT2D eigenvalue weighted by Crippen LogP contribution is 2.28. The van der Waals surface area contributed by atoms with E-state index in [9.17, 15) is 4.79 Å². The lowest BCUT2D eigenvalue weighted by molar-refractivity contribution is 0.0955. The molecule has 0 fully saturated rings. The summed E-state index contributed by atoms with van der Waals surface area (Å²) >= 11 is 17.7. The largest absolute Gasteiger partial charge is 0.274 e. The third-order valence-electron chi connectivity index (χ3n) is 2.64. The van der Waals surface area contributed by atoms with E-state index in [4.69, 9.17) is 34.8 Å². The van der Waals surface area contributed by atoms with Crippen LogP contribution >= 0.6 is 34.8 Å². The van der Waals surface area contributed by atoms with E-state index in [2.05, 4.69) is 15.5 Å². The Morgan fingerprint density at radius 1 is 1.24 bits per heavy atom. The number of carbonyl (C=O) groups is 1. The van der Waals surface area contributed by atoms with E-state index in [-0.39, 0.29) is 15.6 Å². The Bertz CT molecular complexity index is 679. The number of hydrazone groups is 1. The summed E-state index contributed by atoms with van der Waals surface area (Å²) in [6.45, 7) is 1.75. The average molecular weight is 343 g/mol. The van der Waals surface area contributed by atoms with Gasteiger partial charge < -0.3 is 0 Å². The van der Waals surface area contributed by atoms with Crippen molar-refractivity contribution in [1.29, 1.82) is 0 Å². The standard InChI is InChI=1S/C14H10Cl3N3O/c1-8(9-3-2-4-18-7-9)19-20-14(21)13-11(16)5-10(15)6-12(13)17/h2-7H,1H3,(H,20,21)/b19-8+. The molecule has 1 heterocycles. The normalized spacial score (nSPS) is 11.3. The molecule has 0 saturated carbocycles. The van der Waals surface area contributed by atoms with Crippen LogP contribution in [-0.2, 0) is 0 Å². The fourth-order valence-corrected chi connectivity index (χ4v) is 2.58. The molecule has 0 atom stereocenters. The molecule has 0 saturated heterocycles. The number of carbonyl (C=O) groups excluding carboxylic acids is 1. The topological polar surface area (TPSA) is 54.4 Å². The highest BCUT2D eigenvalue weighted by Gasteiger charge is 2.15. The first kappa shape index (κ1) is 15.8. The summed E-state index contributed by atoms with van der Waals surface area (Å²) in [7, 11) is 0. The molecule has 2 aromatic rings. The van der Waals surface area contributed by atoms with Gasteiger partial charge in [0, 0.05) is 23.0 Å². The maximum Gasteiger partial charge on any atom is 0.274 e. The van der Waals surface area contributed by atoms with E-state index >= 15 is 0 Å². The summed E-state index contributed by atoms with van der Waals surface area (Å²) < 4.78 is 0. The van der Waals surface area contributed by atoms with Gasteiger partial charge in [0.1, 0.15) is 0 Å². The Labute approximate surface area is 136 Å². The molecule has 0 spiro atoms. The van der Waals surface area contributed by atoms with Crippen LogP contribution in [0.1, 0.15) is 22.8 Å². The molecule has 1 aromatic heterocycles. The minimum atomic E-state index is -0.509. The number of hydrogen-bond donors (Lipinski definition) is 1. The molecule has 0 bridgehead atoms. The van der Waals surface area contributed by atoms with Gasteiger partial charge in [-0.3, -0.25) is 9.78 Å². The van der Waals surface area contributed by atoms with Gasteiger partial charge in [0.2, 0.25) is 0 Å². The number of aromatic nitrogens is 1. The fourth-order valence-electron chi connectivity index (χ4n) is 1.59. The molecule has 0 radical (unpaired) electrons. The van der Waals surface area contributed by atoms with Crippen molar-refractivity contribution in [2.75, 3.05) is 0 Å². The van der Waals surface area contributed by atoms with Gasteiger partial charge in [-0.25, -0.2) is 5.43 Å². The second-order valence-electron chi connectivity index (χ2n) is 4.12. The summed E-state index contributed by atoms with van der Waals surface area (Å²) in [6.07, 6.45) is 3.30. The van der Waals surface area contributed by atoms with E-state index in [0.717, 1.165) is 5.56 Å². The molecule has 0 aliphatic rings. The predicted molar refractivity (Wildman–Crippen MR) is 85.4 cm³/mol. The van der Waals surface area contributed by atoms with Crippen molar-refractivity contribution >= 4 is 46.4 Å². The van der Waals surface area contributed by atoms with Crippen molar-refractivity contribution in [3.63, 3.8) is 0 Å². The summed E-state index contributed by atoms with van der Waals surface area (Å²) in [5, 5.41) is 4.69. The van der Waals surface area contributed by atoms with Crippen molar-refractivity contribution in [3.8, 4) is 0 Å². The van der Waals surface area contributed by atoms with E-state index in [1.165, 1.54) is 12.1 Å². The van der Waals surface area contributed by atoms with Crippen molar-refractivity contribution < 1.29 is 4.79 Å². The van der Waals surface area contributed by atoms with Gasteiger partial charge in [-0.1, -0.05) is 40.9 Å². The minimum Gasteiger partial charge on any atom is -0.267 e. The number of amides is 1. The van der Waals surface area contributed by atoms with Crippen LogP contribution in [0.3, 0.4) is 0 Å². The second kappa shape index (κ2) is 6.89. The maximum absolute atomic E-state index is 12.1. The monoisotopic (exact) mass is 341 g/mol. The quantitative estimate of drug-likeness (QED) is 0.671. The van der Waals surface area contributed by atoms with Crippen molar-refractivity contribution in [2.45, 2.75) is 6.92 Å². The molecule has 7 heteroatoms. The molecule has 4 nitrogen and oxygen atoms in total. The molecule has 1 amide bonds. The number of nitrogens with one attached hydrogen (secondary N) is 1. The Morgan fingerprint density at radius 2 is 1.90 bits per heavy atom. The van der Waals surface area contributed by atoms with Gasteiger partial charge in [-0.2, -0.15) is 5.10 Å². The van der Waals surface area contributed by atoms with Crippen molar-refractivity contribution in [2.24, 2.45) is 5.10 Å². The zero-order chi connectivity index (χ0) is 15.4. The molecular weight excluding hydrogens is 333 g/mol. The highest BCUT2D eigenvalue weighted by atomic mass is 35.5. The van der Waals surface area contributed by atoms with Crippen LogP contribution in [0.5, 0.6) is 0 Å². The van der Waals surface area contributed by atoms with Crippen LogP contribution in [-0.4, -0.2) is 16.6 Å². The molecule has 0 aliphatic carbocycles. The lowest BCUT2D eigenvalue weighted by Crippen LogP contribution is -2.20. The lowest BCUT2D eigenvalue weighted by atomic mass is 10.2. The van der Waals surface area contributed by atoms with Crippen LogP contribution in [0.25, 0.3) is 0 Å². The number of halogens is 3. The van der Waals surface area contributed by atoms with Gasteiger partial charge >= 0.3 is 0 Å². The first-order valence-corrected chi connectivity index (χ1v) is 7.02. The maximum atomic E-state index is 12.1. The zero-order valence-electron chi connectivity index (χ0n) is 10.9.